The highest BCUT2D eigenvalue weighted by Gasteiger charge is 2.23. The number of nitrogens with one attached hydrogen (secondary N) is 1. The van der Waals surface area contributed by atoms with E-state index in [-0.39, 0.29) is 17.2 Å². The molecule has 10 heteroatoms. The maximum atomic E-state index is 12.8. The van der Waals surface area contributed by atoms with Crippen molar-refractivity contribution in [1.82, 2.24) is 3.71 Å². The number of rotatable bonds is 9. The van der Waals surface area contributed by atoms with E-state index in [4.69, 9.17) is 21.6 Å². The van der Waals surface area contributed by atoms with E-state index < -0.39 is 10.0 Å². The number of sulfonamides is 1. The van der Waals surface area contributed by atoms with Gasteiger partial charge in [-0.2, -0.15) is 5.26 Å². The van der Waals surface area contributed by atoms with Crippen LogP contribution in [0.2, 0.25) is 5.02 Å². The number of carbonyl (C=O) groups is 1. The SMILES string of the molecule is CCN(SC)S(=O)(=O)c1ccc(NC(=O)Cc2ccc(C)c(Oc3cc(Cl)cc(C#N)c3)c2)c(C)c1. The normalized spacial score (nSPS) is 11.2. The highest BCUT2D eigenvalue weighted by atomic mass is 35.5. The quantitative estimate of drug-likeness (QED) is 0.328. The van der Waals surface area contributed by atoms with Gasteiger partial charge in [0.1, 0.15) is 11.5 Å². The second-order valence-electron chi connectivity index (χ2n) is 8.00. The van der Waals surface area contributed by atoms with Crippen molar-refractivity contribution in [3.63, 3.8) is 0 Å². The van der Waals surface area contributed by atoms with Crippen LogP contribution in [0.5, 0.6) is 11.5 Å². The second kappa shape index (κ2) is 11.8. The highest BCUT2D eigenvalue weighted by Crippen LogP contribution is 2.30. The van der Waals surface area contributed by atoms with Crippen molar-refractivity contribution >= 4 is 45.2 Å². The molecule has 0 bridgehead atoms. The Bertz CT molecular complexity index is 1430. The van der Waals surface area contributed by atoms with Crippen LogP contribution in [-0.2, 0) is 21.2 Å². The van der Waals surface area contributed by atoms with Crippen molar-refractivity contribution in [2.75, 3.05) is 18.1 Å². The van der Waals surface area contributed by atoms with Crippen molar-refractivity contribution in [3.05, 3.63) is 81.9 Å². The Labute approximate surface area is 221 Å². The molecule has 0 unspecified atom stereocenters. The van der Waals surface area contributed by atoms with Gasteiger partial charge in [-0.3, -0.25) is 4.79 Å². The molecule has 36 heavy (non-hydrogen) atoms. The Morgan fingerprint density at radius 1 is 1.11 bits per heavy atom. The number of carbonyl (C=O) groups excluding carboxylic acids is 1. The fraction of sp³-hybridized carbons (Fsp3) is 0.231. The third kappa shape index (κ3) is 6.59. The van der Waals surface area contributed by atoms with E-state index in [1.54, 1.807) is 56.5 Å². The van der Waals surface area contributed by atoms with Gasteiger partial charge in [0.15, 0.2) is 0 Å². The van der Waals surface area contributed by atoms with Crippen molar-refractivity contribution < 1.29 is 17.9 Å². The molecule has 3 aromatic rings. The van der Waals surface area contributed by atoms with Gasteiger partial charge >= 0.3 is 0 Å². The predicted molar refractivity (Wildman–Crippen MR) is 144 cm³/mol. The molecular weight excluding hydrogens is 518 g/mol. The summed E-state index contributed by atoms with van der Waals surface area (Å²) in [5.41, 5.74) is 3.15. The number of anilines is 1. The van der Waals surface area contributed by atoms with Crippen molar-refractivity contribution in [1.29, 1.82) is 5.26 Å². The fourth-order valence-electron chi connectivity index (χ4n) is 3.51. The lowest BCUT2D eigenvalue weighted by Crippen LogP contribution is -2.24. The van der Waals surface area contributed by atoms with Crippen LogP contribution in [0.25, 0.3) is 0 Å². The molecule has 0 aliphatic heterocycles. The fourth-order valence-corrected chi connectivity index (χ4v) is 6.18. The number of hydrogen-bond acceptors (Lipinski definition) is 6. The predicted octanol–water partition coefficient (Wildman–Crippen LogP) is 6.09. The molecule has 0 radical (unpaired) electrons. The summed E-state index contributed by atoms with van der Waals surface area (Å²) in [6, 6.07) is 16.9. The monoisotopic (exact) mass is 543 g/mol. The maximum Gasteiger partial charge on any atom is 0.252 e. The molecule has 1 amide bonds. The van der Waals surface area contributed by atoms with Crippen LogP contribution in [0.1, 0.15) is 29.2 Å². The molecule has 0 fully saturated rings. The molecule has 0 heterocycles. The van der Waals surface area contributed by atoms with Crippen LogP contribution in [0.3, 0.4) is 0 Å². The average Bonchev–Trinajstić information content (AvgIpc) is 2.82. The molecule has 7 nitrogen and oxygen atoms in total. The topological polar surface area (TPSA) is 99.5 Å². The summed E-state index contributed by atoms with van der Waals surface area (Å²) in [4.78, 5) is 12.9. The zero-order valence-corrected chi connectivity index (χ0v) is 22.7. The molecular formula is C26H26ClN3O4S2. The summed E-state index contributed by atoms with van der Waals surface area (Å²) in [6.07, 6.45) is 1.80. The number of aryl methyl sites for hydroxylation is 2. The maximum absolute atomic E-state index is 12.8. The van der Waals surface area contributed by atoms with E-state index in [9.17, 15) is 13.2 Å². The van der Waals surface area contributed by atoms with Gasteiger partial charge < -0.3 is 10.1 Å². The minimum absolute atomic E-state index is 0.0885. The van der Waals surface area contributed by atoms with Gasteiger partial charge in [0.25, 0.3) is 10.0 Å². The summed E-state index contributed by atoms with van der Waals surface area (Å²) in [7, 11) is -3.62. The zero-order chi connectivity index (χ0) is 26.5. The lowest BCUT2D eigenvalue weighted by molar-refractivity contribution is -0.115. The van der Waals surface area contributed by atoms with Crippen LogP contribution in [-0.4, -0.2) is 30.8 Å². The van der Waals surface area contributed by atoms with Gasteiger partial charge in [-0.1, -0.05) is 42.6 Å². The van der Waals surface area contributed by atoms with Crippen molar-refractivity contribution in [2.24, 2.45) is 0 Å². The second-order valence-corrected chi connectivity index (χ2v) is 11.3. The Morgan fingerprint density at radius 2 is 1.86 bits per heavy atom. The minimum Gasteiger partial charge on any atom is -0.457 e. The number of halogens is 1. The molecule has 1 N–H and O–H groups in total. The first kappa shape index (κ1) is 27.6. The molecule has 188 valence electrons. The summed E-state index contributed by atoms with van der Waals surface area (Å²) in [6.45, 7) is 5.75. The Morgan fingerprint density at radius 3 is 2.50 bits per heavy atom. The van der Waals surface area contributed by atoms with Gasteiger partial charge in [0, 0.05) is 17.3 Å². The van der Waals surface area contributed by atoms with Gasteiger partial charge in [0.05, 0.1) is 22.9 Å². The number of amides is 1. The van der Waals surface area contributed by atoms with E-state index >= 15 is 0 Å². The summed E-state index contributed by atoms with van der Waals surface area (Å²) in [5.74, 6) is 0.723. The zero-order valence-electron chi connectivity index (χ0n) is 20.3. The third-order valence-electron chi connectivity index (χ3n) is 5.35. The summed E-state index contributed by atoms with van der Waals surface area (Å²) < 4.78 is 32.7. The molecule has 3 rings (SSSR count). The number of hydrogen-bond donors (Lipinski definition) is 1. The number of ether oxygens (including phenoxy) is 1. The molecule has 0 spiro atoms. The van der Waals surface area contributed by atoms with Crippen molar-refractivity contribution in [2.45, 2.75) is 32.1 Å². The van der Waals surface area contributed by atoms with Crippen LogP contribution in [0, 0.1) is 25.2 Å². The standard InChI is InChI=1S/C26H26ClN3O4S2/c1-5-30(35-4)36(32,33)23-8-9-24(18(3)10-23)29-26(31)14-19-7-6-17(2)25(13-19)34-22-12-20(16-28)11-21(27)15-22/h6-13,15H,5,14H2,1-4H3,(H,29,31). The van der Waals surface area contributed by atoms with Crippen LogP contribution >= 0.6 is 23.5 Å². The van der Waals surface area contributed by atoms with Gasteiger partial charge in [-0.25, -0.2) is 8.42 Å². The first-order valence-electron chi connectivity index (χ1n) is 11.0. The molecule has 0 saturated heterocycles. The van der Waals surface area contributed by atoms with E-state index in [2.05, 4.69) is 5.32 Å². The molecule has 0 saturated carbocycles. The number of nitrogens with zero attached hydrogens (tertiary/aromatic N) is 2. The van der Waals surface area contributed by atoms with Crippen LogP contribution in [0.15, 0.2) is 59.5 Å². The first-order valence-corrected chi connectivity index (χ1v) is 14.0. The number of benzene rings is 3. The minimum atomic E-state index is -3.62. The van der Waals surface area contributed by atoms with Gasteiger partial charge in [0.2, 0.25) is 5.91 Å². The van der Waals surface area contributed by atoms with E-state index in [1.807, 2.05) is 25.1 Å². The Hall–Kier alpha value is -3.03. The third-order valence-corrected chi connectivity index (χ3v) is 8.91. The average molecular weight is 544 g/mol. The summed E-state index contributed by atoms with van der Waals surface area (Å²) in [5, 5.41) is 12.4. The van der Waals surface area contributed by atoms with E-state index in [0.29, 0.717) is 39.9 Å². The highest BCUT2D eigenvalue weighted by molar-refractivity contribution is 8.08. The first-order chi connectivity index (χ1) is 17.1. The Balaban J connectivity index is 1.74. The van der Waals surface area contributed by atoms with Crippen LogP contribution < -0.4 is 10.1 Å². The Kier molecular flexibility index (Phi) is 9.03. The molecule has 0 aliphatic carbocycles. The van der Waals surface area contributed by atoms with Gasteiger partial charge in [-0.15, -0.1) is 3.71 Å². The van der Waals surface area contributed by atoms with Crippen LogP contribution in [0.4, 0.5) is 5.69 Å². The lowest BCUT2D eigenvalue weighted by atomic mass is 10.1. The largest absolute Gasteiger partial charge is 0.457 e. The van der Waals surface area contributed by atoms with E-state index in [0.717, 1.165) is 23.1 Å². The lowest BCUT2D eigenvalue weighted by Gasteiger charge is -2.18. The number of nitriles is 1. The van der Waals surface area contributed by atoms with Gasteiger partial charge in [-0.05, 0) is 79.3 Å². The van der Waals surface area contributed by atoms with E-state index in [1.165, 1.54) is 9.78 Å². The molecule has 0 aromatic heterocycles. The molecule has 3 aromatic carbocycles. The molecule has 0 atom stereocenters. The summed E-state index contributed by atoms with van der Waals surface area (Å²) >= 11 is 7.21. The van der Waals surface area contributed by atoms with Crippen molar-refractivity contribution in [3.8, 4) is 17.6 Å². The molecule has 0 aliphatic rings. The smallest absolute Gasteiger partial charge is 0.252 e.